The first-order valence-electron chi connectivity index (χ1n) is 5.03. The van der Waals surface area contributed by atoms with Gasteiger partial charge in [0, 0.05) is 19.7 Å². The van der Waals surface area contributed by atoms with E-state index in [1.807, 2.05) is 19.3 Å². The standard InChI is InChI=1S/C11H20N2O/c1-11(2,3)8-10(14)7-9-5-6-13(4)12-9/h5-6,10,14H,7-8H2,1-4H3. The lowest BCUT2D eigenvalue weighted by molar-refractivity contribution is 0.120. The zero-order chi connectivity index (χ0) is 10.8. The van der Waals surface area contributed by atoms with Crippen LogP contribution in [0.3, 0.4) is 0 Å². The van der Waals surface area contributed by atoms with Gasteiger partial charge in [-0.1, -0.05) is 20.8 Å². The molecule has 0 saturated heterocycles. The summed E-state index contributed by atoms with van der Waals surface area (Å²) in [5.74, 6) is 0. The quantitative estimate of drug-likeness (QED) is 0.800. The van der Waals surface area contributed by atoms with Crippen LogP contribution in [0.25, 0.3) is 0 Å². The minimum atomic E-state index is -0.287. The molecule has 1 N–H and O–H groups in total. The molecule has 1 atom stereocenters. The molecule has 1 aromatic heterocycles. The number of rotatable bonds is 3. The highest BCUT2D eigenvalue weighted by atomic mass is 16.3. The lowest BCUT2D eigenvalue weighted by Gasteiger charge is -2.21. The first kappa shape index (κ1) is 11.2. The Balaban J connectivity index is 2.45. The van der Waals surface area contributed by atoms with Gasteiger partial charge in [0.05, 0.1) is 11.8 Å². The van der Waals surface area contributed by atoms with Gasteiger partial charge in [-0.15, -0.1) is 0 Å². The fourth-order valence-electron chi connectivity index (χ4n) is 1.59. The molecule has 1 heterocycles. The summed E-state index contributed by atoms with van der Waals surface area (Å²) >= 11 is 0. The minimum Gasteiger partial charge on any atom is -0.393 e. The molecule has 0 aliphatic carbocycles. The van der Waals surface area contributed by atoms with Gasteiger partial charge in [-0.05, 0) is 17.9 Å². The molecule has 14 heavy (non-hydrogen) atoms. The molecule has 80 valence electrons. The third-order valence-corrected chi connectivity index (χ3v) is 2.06. The molecule has 0 spiro atoms. The van der Waals surface area contributed by atoms with Crippen LogP contribution < -0.4 is 0 Å². The van der Waals surface area contributed by atoms with E-state index < -0.39 is 0 Å². The lowest BCUT2D eigenvalue weighted by atomic mass is 9.88. The van der Waals surface area contributed by atoms with E-state index in [9.17, 15) is 5.11 Å². The van der Waals surface area contributed by atoms with Crippen molar-refractivity contribution in [2.45, 2.75) is 39.7 Å². The van der Waals surface area contributed by atoms with Gasteiger partial charge in [-0.3, -0.25) is 4.68 Å². The number of aliphatic hydroxyl groups is 1. The van der Waals surface area contributed by atoms with Gasteiger partial charge < -0.3 is 5.11 Å². The first-order chi connectivity index (χ1) is 6.37. The molecule has 0 aromatic carbocycles. The summed E-state index contributed by atoms with van der Waals surface area (Å²) in [5.41, 5.74) is 1.14. The third-order valence-electron chi connectivity index (χ3n) is 2.06. The second-order valence-electron chi connectivity index (χ2n) is 5.10. The van der Waals surface area contributed by atoms with Crippen LogP contribution in [-0.2, 0) is 13.5 Å². The number of aryl methyl sites for hydroxylation is 1. The topological polar surface area (TPSA) is 38.0 Å². The van der Waals surface area contributed by atoms with Crippen molar-refractivity contribution in [1.82, 2.24) is 9.78 Å². The number of hydrogen-bond acceptors (Lipinski definition) is 2. The molecular weight excluding hydrogens is 176 g/mol. The molecule has 0 bridgehead atoms. The predicted octanol–water partition coefficient (Wildman–Crippen LogP) is 1.76. The van der Waals surface area contributed by atoms with Crippen molar-refractivity contribution in [3.05, 3.63) is 18.0 Å². The lowest BCUT2D eigenvalue weighted by Crippen LogP contribution is -2.19. The average molecular weight is 196 g/mol. The van der Waals surface area contributed by atoms with E-state index in [4.69, 9.17) is 0 Å². The summed E-state index contributed by atoms with van der Waals surface area (Å²) < 4.78 is 1.76. The molecule has 3 nitrogen and oxygen atoms in total. The first-order valence-corrected chi connectivity index (χ1v) is 5.03. The molecule has 3 heteroatoms. The molecule has 1 rings (SSSR count). The van der Waals surface area contributed by atoms with Crippen molar-refractivity contribution in [2.24, 2.45) is 12.5 Å². The Hall–Kier alpha value is -0.830. The zero-order valence-corrected chi connectivity index (χ0v) is 9.49. The maximum Gasteiger partial charge on any atom is 0.0650 e. The Morgan fingerprint density at radius 2 is 2.14 bits per heavy atom. The van der Waals surface area contributed by atoms with Gasteiger partial charge in [0.25, 0.3) is 0 Å². The van der Waals surface area contributed by atoms with Gasteiger partial charge in [0.15, 0.2) is 0 Å². The van der Waals surface area contributed by atoms with Crippen molar-refractivity contribution in [2.75, 3.05) is 0 Å². The van der Waals surface area contributed by atoms with E-state index >= 15 is 0 Å². The number of hydrogen-bond donors (Lipinski definition) is 1. The maximum atomic E-state index is 9.80. The molecule has 0 fully saturated rings. The van der Waals surface area contributed by atoms with Crippen LogP contribution in [0.4, 0.5) is 0 Å². The van der Waals surface area contributed by atoms with E-state index in [1.54, 1.807) is 4.68 Å². The van der Waals surface area contributed by atoms with Crippen LogP contribution >= 0.6 is 0 Å². The summed E-state index contributed by atoms with van der Waals surface area (Å²) in [6, 6.07) is 1.95. The Bertz CT molecular complexity index is 286. The number of aliphatic hydroxyl groups excluding tert-OH is 1. The predicted molar refractivity (Wildman–Crippen MR) is 57.0 cm³/mol. The van der Waals surface area contributed by atoms with E-state index in [0.717, 1.165) is 12.1 Å². The van der Waals surface area contributed by atoms with Crippen LogP contribution in [0.1, 0.15) is 32.9 Å². The van der Waals surface area contributed by atoms with E-state index in [0.29, 0.717) is 6.42 Å². The molecule has 0 saturated carbocycles. The fraction of sp³-hybridized carbons (Fsp3) is 0.727. The van der Waals surface area contributed by atoms with Crippen molar-refractivity contribution >= 4 is 0 Å². The van der Waals surface area contributed by atoms with E-state index in [-0.39, 0.29) is 11.5 Å². The van der Waals surface area contributed by atoms with Crippen LogP contribution in [0, 0.1) is 5.41 Å². The van der Waals surface area contributed by atoms with E-state index in [2.05, 4.69) is 25.9 Å². The second kappa shape index (κ2) is 4.13. The summed E-state index contributed by atoms with van der Waals surface area (Å²) in [6.45, 7) is 6.40. The van der Waals surface area contributed by atoms with E-state index in [1.165, 1.54) is 0 Å². The molecular formula is C11H20N2O. The summed E-state index contributed by atoms with van der Waals surface area (Å²) in [5, 5.41) is 14.0. The Kier molecular flexibility index (Phi) is 3.32. The largest absolute Gasteiger partial charge is 0.393 e. The van der Waals surface area contributed by atoms with Gasteiger partial charge in [-0.25, -0.2) is 0 Å². The molecule has 0 aliphatic rings. The Morgan fingerprint density at radius 3 is 2.57 bits per heavy atom. The maximum absolute atomic E-state index is 9.80. The van der Waals surface area contributed by atoms with Crippen LogP contribution in [-0.4, -0.2) is 21.0 Å². The van der Waals surface area contributed by atoms with Gasteiger partial charge in [0.1, 0.15) is 0 Å². The van der Waals surface area contributed by atoms with Crippen molar-refractivity contribution in [3.8, 4) is 0 Å². The minimum absolute atomic E-state index is 0.175. The summed E-state index contributed by atoms with van der Waals surface area (Å²) in [4.78, 5) is 0. The molecule has 0 aliphatic heterocycles. The highest BCUT2D eigenvalue weighted by molar-refractivity contribution is 5.00. The summed E-state index contributed by atoms with van der Waals surface area (Å²) in [7, 11) is 1.89. The van der Waals surface area contributed by atoms with Crippen LogP contribution in [0.15, 0.2) is 12.3 Å². The average Bonchev–Trinajstić information content (AvgIpc) is 2.30. The number of nitrogens with zero attached hydrogens (tertiary/aromatic N) is 2. The van der Waals surface area contributed by atoms with Crippen LogP contribution in [0.5, 0.6) is 0 Å². The third kappa shape index (κ3) is 3.92. The molecule has 0 radical (unpaired) electrons. The SMILES string of the molecule is Cn1ccc(CC(O)CC(C)(C)C)n1. The van der Waals surface area contributed by atoms with Crippen LogP contribution in [0.2, 0.25) is 0 Å². The highest BCUT2D eigenvalue weighted by Crippen LogP contribution is 2.22. The Labute approximate surface area is 85.8 Å². The Morgan fingerprint density at radius 1 is 1.50 bits per heavy atom. The molecule has 1 aromatic rings. The van der Waals surface area contributed by atoms with Crippen molar-refractivity contribution < 1.29 is 5.11 Å². The van der Waals surface area contributed by atoms with Gasteiger partial charge >= 0.3 is 0 Å². The smallest absolute Gasteiger partial charge is 0.0650 e. The summed E-state index contributed by atoms with van der Waals surface area (Å²) in [6.07, 6.45) is 3.07. The normalized spacial score (nSPS) is 14.4. The van der Waals surface area contributed by atoms with Gasteiger partial charge in [0.2, 0.25) is 0 Å². The molecule has 0 amide bonds. The fourth-order valence-corrected chi connectivity index (χ4v) is 1.59. The monoisotopic (exact) mass is 196 g/mol. The highest BCUT2D eigenvalue weighted by Gasteiger charge is 2.17. The van der Waals surface area contributed by atoms with Crippen molar-refractivity contribution in [1.29, 1.82) is 0 Å². The number of aromatic nitrogens is 2. The van der Waals surface area contributed by atoms with Crippen molar-refractivity contribution in [3.63, 3.8) is 0 Å². The zero-order valence-electron chi connectivity index (χ0n) is 9.49. The second-order valence-corrected chi connectivity index (χ2v) is 5.10. The van der Waals surface area contributed by atoms with Gasteiger partial charge in [-0.2, -0.15) is 5.10 Å². The molecule has 1 unspecified atom stereocenters.